The van der Waals surface area contributed by atoms with Crippen molar-refractivity contribution in [3.05, 3.63) is 21.0 Å². The van der Waals surface area contributed by atoms with E-state index in [0.29, 0.717) is 9.70 Å². The molecular weight excluding hydrogens is 291 g/mol. The van der Waals surface area contributed by atoms with E-state index in [1.807, 2.05) is 0 Å². The van der Waals surface area contributed by atoms with Gasteiger partial charge in [0.15, 0.2) is 0 Å². The van der Waals surface area contributed by atoms with Crippen molar-refractivity contribution in [1.82, 2.24) is 0 Å². The molecule has 0 atom stereocenters. The first-order chi connectivity index (χ1) is 4.52. The van der Waals surface area contributed by atoms with Gasteiger partial charge < -0.3 is 0 Å². The van der Waals surface area contributed by atoms with E-state index in [2.05, 4.69) is 0 Å². The van der Waals surface area contributed by atoms with Gasteiger partial charge in [0, 0.05) is 0 Å². The standard InChI is InChI=1S/C6H4F3.2ClH.Zr/c7-6(8,9)5-3-1-2-4-5;;;/h1,3H,2H2;2*1H;. The third-order valence-corrected chi connectivity index (χ3v) is 2.40. The number of halogens is 5. The molecule has 0 radical (unpaired) electrons. The third-order valence-electron chi connectivity index (χ3n) is 1.24. The fraction of sp³-hybridized carbons (Fsp3) is 0.333. The maximum atomic E-state index is 11.9. The summed E-state index contributed by atoms with van der Waals surface area (Å²) in [5.41, 5.74) is -0.439. The SMILES string of the molecule is Cl.Cl.FC(F)(F)C1=[C]([Zr])CC=C1. The fourth-order valence-corrected chi connectivity index (χ4v) is 1.61. The summed E-state index contributed by atoms with van der Waals surface area (Å²) in [4.78, 5) is 0. The Morgan fingerprint density at radius 2 is 1.75 bits per heavy atom. The van der Waals surface area contributed by atoms with Gasteiger partial charge in [-0.3, -0.25) is 0 Å². The van der Waals surface area contributed by atoms with E-state index in [1.54, 1.807) is 6.08 Å². The predicted molar refractivity (Wildman–Crippen MR) is 41.3 cm³/mol. The van der Waals surface area contributed by atoms with Crippen LogP contribution in [0.5, 0.6) is 0 Å². The Morgan fingerprint density at radius 3 is 1.92 bits per heavy atom. The van der Waals surface area contributed by atoms with Crippen LogP contribution in [0.15, 0.2) is 21.0 Å². The van der Waals surface area contributed by atoms with Crippen LogP contribution in [0.4, 0.5) is 13.2 Å². The van der Waals surface area contributed by atoms with E-state index in [-0.39, 0.29) is 24.8 Å². The first-order valence-corrected chi connectivity index (χ1v) is 3.93. The zero-order chi connectivity index (χ0) is 7.78. The third kappa shape index (κ3) is 3.63. The van der Waals surface area contributed by atoms with Crippen molar-refractivity contribution >= 4 is 24.8 Å². The van der Waals surface area contributed by atoms with Gasteiger partial charge in [0.1, 0.15) is 0 Å². The maximum absolute atomic E-state index is 11.9. The molecular formula is C6H6Cl2F3Zr. The second-order valence-electron chi connectivity index (χ2n) is 2.00. The summed E-state index contributed by atoms with van der Waals surface area (Å²) >= 11 is 0.862. The topological polar surface area (TPSA) is 0 Å². The van der Waals surface area contributed by atoms with Gasteiger partial charge in [-0.2, -0.15) is 0 Å². The summed E-state index contributed by atoms with van der Waals surface area (Å²) in [5, 5.41) is 0. The van der Waals surface area contributed by atoms with Crippen molar-refractivity contribution in [1.29, 1.82) is 0 Å². The molecule has 0 fully saturated rings. The van der Waals surface area contributed by atoms with Crippen molar-refractivity contribution < 1.29 is 37.9 Å². The van der Waals surface area contributed by atoms with Gasteiger partial charge in [-0.15, -0.1) is 24.8 Å². The van der Waals surface area contributed by atoms with E-state index in [9.17, 15) is 13.2 Å². The summed E-state index contributed by atoms with van der Waals surface area (Å²) in [5.74, 6) is 0. The molecule has 0 aromatic heterocycles. The van der Waals surface area contributed by atoms with Crippen molar-refractivity contribution in [2.24, 2.45) is 0 Å². The van der Waals surface area contributed by atoms with Gasteiger partial charge in [0.2, 0.25) is 0 Å². The number of alkyl halides is 3. The van der Waals surface area contributed by atoms with Gasteiger partial charge in [-0.25, -0.2) is 0 Å². The summed E-state index contributed by atoms with van der Waals surface area (Å²) in [6.07, 6.45) is -0.949. The quantitative estimate of drug-likeness (QED) is 0.644. The molecule has 0 aromatic carbocycles. The number of hydrogen-bond acceptors (Lipinski definition) is 0. The molecule has 1 aliphatic carbocycles. The van der Waals surface area contributed by atoms with Crippen LogP contribution in [0.25, 0.3) is 0 Å². The Kier molecular flexibility index (Phi) is 6.92. The second-order valence-corrected chi connectivity index (χ2v) is 3.48. The molecule has 1 aliphatic rings. The van der Waals surface area contributed by atoms with E-state index in [4.69, 9.17) is 0 Å². The molecule has 1 rings (SSSR count). The van der Waals surface area contributed by atoms with Crippen LogP contribution in [-0.4, -0.2) is 6.18 Å². The van der Waals surface area contributed by atoms with Gasteiger partial charge in [0.25, 0.3) is 0 Å². The molecule has 0 saturated carbocycles. The zero-order valence-electron chi connectivity index (χ0n) is 5.81. The molecule has 0 heterocycles. The monoisotopic (exact) mass is 295 g/mol. The van der Waals surface area contributed by atoms with Gasteiger partial charge in [0.05, 0.1) is 0 Å². The average Bonchev–Trinajstić information content (AvgIpc) is 2.11. The number of hydrogen-bond donors (Lipinski definition) is 0. The molecule has 0 aliphatic heterocycles. The van der Waals surface area contributed by atoms with Crippen LogP contribution in [0, 0.1) is 0 Å². The minimum absolute atomic E-state index is 0. The normalized spacial score (nSPS) is 15.5. The molecule has 12 heavy (non-hydrogen) atoms. The first kappa shape index (κ1) is 15.2. The number of rotatable bonds is 0. The van der Waals surface area contributed by atoms with Crippen molar-refractivity contribution in [2.45, 2.75) is 12.6 Å². The van der Waals surface area contributed by atoms with Crippen LogP contribution in [0.1, 0.15) is 6.42 Å². The predicted octanol–water partition coefficient (Wildman–Crippen LogP) is 3.15. The average molecular weight is 297 g/mol. The molecule has 0 bridgehead atoms. The zero-order valence-corrected chi connectivity index (χ0v) is 9.90. The van der Waals surface area contributed by atoms with Gasteiger partial charge in [-0.05, 0) is 0 Å². The second kappa shape index (κ2) is 5.46. The Bertz CT molecular complexity index is 207. The van der Waals surface area contributed by atoms with Crippen LogP contribution in [0.3, 0.4) is 0 Å². The van der Waals surface area contributed by atoms with Gasteiger partial charge >= 0.3 is 71.5 Å². The number of allylic oxidation sites excluding steroid dienone is 4. The molecule has 69 valence electrons. The fourth-order valence-electron chi connectivity index (χ4n) is 0.771. The van der Waals surface area contributed by atoms with E-state index in [1.165, 1.54) is 0 Å². The molecule has 0 nitrogen and oxygen atoms in total. The summed E-state index contributed by atoms with van der Waals surface area (Å²) < 4.78 is 36.2. The Hall–Kier alpha value is 0.733. The van der Waals surface area contributed by atoms with E-state index < -0.39 is 11.7 Å². The molecule has 0 spiro atoms. The molecule has 0 aromatic rings. The molecule has 6 heteroatoms. The van der Waals surface area contributed by atoms with Crippen molar-refractivity contribution in [3.63, 3.8) is 0 Å². The Balaban J connectivity index is 0. The van der Waals surface area contributed by atoms with Crippen LogP contribution >= 0.6 is 24.8 Å². The Morgan fingerprint density at radius 1 is 1.25 bits per heavy atom. The first-order valence-electron chi connectivity index (χ1n) is 2.70. The Labute approximate surface area is 96.0 Å². The molecule has 0 amide bonds. The molecule has 0 saturated heterocycles. The van der Waals surface area contributed by atoms with E-state index >= 15 is 0 Å². The minimum atomic E-state index is -4.13. The summed E-state index contributed by atoms with van der Waals surface area (Å²) in [7, 11) is 0. The van der Waals surface area contributed by atoms with Crippen molar-refractivity contribution in [3.8, 4) is 0 Å². The van der Waals surface area contributed by atoms with Crippen LogP contribution < -0.4 is 0 Å². The van der Waals surface area contributed by atoms with Crippen molar-refractivity contribution in [2.75, 3.05) is 0 Å². The molecule has 0 N–H and O–H groups in total. The molecule has 0 unspecified atom stereocenters. The summed E-state index contributed by atoms with van der Waals surface area (Å²) in [6, 6.07) is 0. The summed E-state index contributed by atoms with van der Waals surface area (Å²) in [6.45, 7) is 0. The van der Waals surface area contributed by atoms with Gasteiger partial charge in [-0.1, -0.05) is 0 Å². The van der Waals surface area contributed by atoms with Crippen LogP contribution in [-0.2, 0) is 24.7 Å². The van der Waals surface area contributed by atoms with Crippen LogP contribution in [0.2, 0.25) is 0 Å². The van der Waals surface area contributed by atoms with E-state index in [0.717, 1.165) is 30.8 Å².